The predicted octanol–water partition coefficient (Wildman–Crippen LogP) is 3.44. The molecule has 1 unspecified atom stereocenters. The van der Waals surface area contributed by atoms with E-state index >= 15 is 0 Å². The first kappa shape index (κ1) is 14.1. The molecule has 3 rings (SSSR count). The maximum Gasteiger partial charge on any atom is 0.132 e. The first-order valence-corrected chi connectivity index (χ1v) is 7.56. The standard InChI is InChI=1S/C17H20FN3/c1-3-11(2)17-20-15-8-9-19-10-13(15)16(21-17)12-6-4-5-7-14(12)18/h4-7,11,19H,3,8-10H2,1-2H3. The summed E-state index contributed by atoms with van der Waals surface area (Å²) in [7, 11) is 0. The Morgan fingerprint density at radius 2 is 2.10 bits per heavy atom. The van der Waals surface area contributed by atoms with E-state index in [-0.39, 0.29) is 11.7 Å². The summed E-state index contributed by atoms with van der Waals surface area (Å²) in [6.45, 7) is 5.87. The maximum absolute atomic E-state index is 14.2. The third-order valence-electron chi connectivity index (χ3n) is 4.13. The van der Waals surface area contributed by atoms with Crippen LogP contribution in [-0.4, -0.2) is 16.5 Å². The minimum Gasteiger partial charge on any atom is -0.312 e. The summed E-state index contributed by atoms with van der Waals surface area (Å²) in [6.07, 6.45) is 1.86. The van der Waals surface area contributed by atoms with E-state index in [0.29, 0.717) is 12.1 Å². The highest BCUT2D eigenvalue weighted by atomic mass is 19.1. The van der Waals surface area contributed by atoms with Gasteiger partial charge < -0.3 is 5.32 Å². The van der Waals surface area contributed by atoms with Gasteiger partial charge >= 0.3 is 0 Å². The van der Waals surface area contributed by atoms with Crippen LogP contribution in [0.2, 0.25) is 0 Å². The van der Waals surface area contributed by atoms with Gasteiger partial charge in [-0.15, -0.1) is 0 Å². The Kier molecular flexibility index (Phi) is 3.97. The molecule has 1 aromatic carbocycles. The number of aromatic nitrogens is 2. The molecule has 3 nitrogen and oxygen atoms in total. The Balaban J connectivity index is 2.20. The van der Waals surface area contributed by atoms with Gasteiger partial charge in [-0.1, -0.05) is 26.0 Å². The molecule has 0 fully saturated rings. The lowest BCUT2D eigenvalue weighted by molar-refractivity contribution is 0.601. The van der Waals surface area contributed by atoms with E-state index in [1.807, 2.05) is 6.07 Å². The zero-order chi connectivity index (χ0) is 14.8. The van der Waals surface area contributed by atoms with Crippen LogP contribution in [0.25, 0.3) is 11.3 Å². The van der Waals surface area contributed by atoms with E-state index in [1.165, 1.54) is 6.07 Å². The SMILES string of the molecule is CCC(C)c1nc2c(c(-c3ccccc3F)n1)CNCC2. The van der Waals surface area contributed by atoms with E-state index in [4.69, 9.17) is 9.97 Å². The van der Waals surface area contributed by atoms with Crippen molar-refractivity contribution in [2.75, 3.05) is 6.54 Å². The molecule has 0 bridgehead atoms. The van der Waals surface area contributed by atoms with Gasteiger partial charge in [0.15, 0.2) is 0 Å². The second-order valence-corrected chi connectivity index (χ2v) is 5.57. The summed E-state index contributed by atoms with van der Waals surface area (Å²) in [5, 5.41) is 3.33. The summed E-state index contributed by atoms with van der Waals surface area (Å²) in [6, 6.07) is 6.85. The van der Waals surface area contributed by atoms with E-state index in [0.717, 1.165) is 42.2 Å². The van der Waals surface area contributed by atoms with E-state index in [2.05, 4.69) is 19.2 Å². The summed E-state index contributed by atoms with van der Waals surface area (Å²) in [5.74, 6) is 0.895. The molecule has 0 saturated heterocycles. The zero-order valence-corrected chi connectivity index (χ0v) is 12.5. The number of hydrogen-bond acceptors (Lipinski definition) is 3. The van der Waals surface area contributed by atoms with Crippen molar-refractivity contribution in [3.8, 4) is 11.3 Å². The Morgan fingerprint density at radius 3 is 2.86 bits per heavy atom. The average molecular weight is 285 g/mol. The molecule has 0 aliphatic carbocycles. The molecule has 4 heteroatoms. The molecule has 1 aromatic heterocycles. The number of nitrogens with one attached hydrogen (secondary N) is 1. The topological polar surface area (TPSA) is 37.8 Å². The highest BCUT2D eigenvalue weighted by Crippen LogP contribution is 2.29. The van der Waals surface area contributed by atoms with Crippen molar-refractivity contribution in [1.82, 2.24) is 15.3 Å². The number of nitrogens with zero attached hydrogens (tertiary/aromatic N) is 2. The number of benzene rings is 1. The zero-order valence-electron chi connectivity index (χ0n) is 12.5. The molecule has 1 aliphatic rings. The fraction of sp³-hybridized carbons (Fsp3) is 0.412. The number of rotatable bonds is 3. The van der Waals surface area contributed by atoms with E-state index < -0.39 is 0 Å². The lowest BCUT2D eigenvalue weighted by atomic mass is 9.98. The minimum atomic E-state index is -0.223. The van der Waals surface area contributed by atoms with Crippen molar-refractivity contribution in [3.63, 3.8) is 0 Å². The number of halogens is 1. The van der Waals surface area contributed by atoms with Crippen LogP contribution in [0.4, 0.5) is 4.39 Å². The van der Waals surface area contributed by atoms with Gasteiger partial charge in [-0.25, -0.2) is 14.4 Å². The van der Waals surface area contributed by atoms with Crippen LogP contribution in [-0.2, 0) is 13.0 Å². The fourth-order valence-corrected chi connectivity index (χ4v) is 2.64. The Hall–Kier alpha value is -1.81. The van der Waals surface area contributed by atoms with Crippen molar-refractivity contribution in [3.05, 3.63) is 47.2 Å². The van der Waals surface area contributed by atoms with Gasteiger partial charge in [0.25, 0.3) is 0 Å². The van der Waals surface area contributed by atoms with Gasteiger partial charge in [-0.2, -0.15) is 0 Å². The molecule has 1 aliphatic heterocycles. The molecule has 21 heavy (non-hydrogen) atoms. The molecular weight excluding hydrogens is 265 g/mol. The summed E-state index contributed by atoms with van der Waals surface area (Å²) in [4.78, 5) is 9.42. The molecule has 2 aromatic rings. The summed E-state index contributed by atoms with van der Waals surface area (Å²) in [5.41, 5.74) is 3.43. The highest BCUT2D eigenvalue weighted by Gasteiger charge is 2.21. The van der Waals surface area contributed by atoms with Crippen LogP contribution in [0, 0.1) is 5.82 Å². The van der Waals surface area contributed by atoms with Crippen molar-refractivity contribution in [2.24, 2.45) is 0 Å². The minimum absolute atomic E-state index is 0.223. The van der Waals surface area contributed by atoms with Crippen LogP contribution in [0.15, 0.2) is 24.3 Å². The van der Waals surface area contributed by atoms with Crippen molar-refractivity contribution >= 4 is 0 Å². The van der Waals surface area contributed by atoms with Gasteiger partial charge in [0.2, 0.25) is 0 Å². The van der Waals surface area contributed by atoms with Gasteiger partial charge in [0, 0.05) is 36.6 Å². The lowest BCUT2D eigenvalue weighted by Gasteiger charge is -2.21. The summed E-state index contributed by atoms with van der Waals surface area (Å²) < 4.78 is 14.2. The molecular formula is C17H20FN3. The fourth-order valence-electron chi connectivity index (χ4n) is 2.64. The number of fused-ring (bicyclic) bond motifs is 1. The molecule has 110 valence electrons. The van der Waals surface area contributed by atoms with Crippen LogP contribution >= 0.6 is 0 Å². The monoisotopic (exact) mass is 285 g/mol. The first-order chi connectivity index (χ1) is 10.2. The van der Waals surface area contributed by atoms with Gasteiger partial charge in [-0.3, -0.25) is 0 Å². The predicted molar refractivity (Wildman–Crippen MR) is 81.5 cm³/mol. The molecule has 0 spiro atoms. The van der Waals surface area contributed by atoms with Crippen LogP contribution in [0.1, 0.15) is 43.3 Å². The average Bonchev–Trinajstić information content (AvgIpc) is 2.53. The molecule has 0 saturated carbocycles. The molecule has 2 heterocycles. The highest BCUT2D eigenvalue weighted by molar-refractivity contribution is 5.65. The normalized spacial score (nSPS) is 15.6. The molecule has 1 atom stereocenters. The van der Waals surface area contributed by atoms with Crippen LogP contribution in [0.5, 0.6) is 0 Å². The molecule has 1 N–H and O–H groups in total. The van der Waals surface area contributed by atoms with Crippen molar-refractivity contribution in [1.29, 1.82) is 0 Å². The second-order valence-electron chi connectivity index (χ2n) is 5.57. The Labute approximate surface area is 124 Å². The van der Waals surface area contributed by atoms with Crippen molar-refractivity contribution in [2.45, 2.75) is 39.2 Å². The summed E-state index contributed by atoms with van der Waals surface area (Å²) >= 11 is 0. The van der Waals surface area contributed by atoms with Gasteiger partial charge in [-0.05, 0) is 18.6 Å². The Morgan fingerprint density at radius 1 is 1.29 bits per heavy atom. The van der Waals surface area contributed by atoms with Crippen LogP contribution in [0.3, 0.4) is 0 Å². The third kappa shape index (κ3) is 2.68. The van der Waals surface area contributed by atoms with Crippen molar-refractivity contribution < 1.29 is 4.39 Å². The quantitative estimate of drug-likeness (QED) is 0.938. The first-order valence-electron chi connectivity index (χ1n) is 7.56. The van der Waals surface area contributed by atoms with E-state index in [9.17, 15) is 4.39 Å². The number of hydrogen-bond donors (Lipinski definition) is 1. The lowest BCUT2D eigenvalue weighted by Crippen LogP contribution is -2.26. The molecule has 0 amide bonds. The maximum atomic E-state index is 14.2. The van der Waals surface area contributed by atoms with Gasteiger partial charge in [0.1, 0.15) is 11.6 Å². The smallest absolute Gasteiger partial charge is 0.132 e. The largest absolute Gasteiger partial charge is 0.312 e. The van der Waals surface area contributed by atoms with Gasteiger partial charge in [0.05, 0.1) is 11.4 Å². The van der Waals surface area contributed by atoms with Crippen LogP contribution < -0.4 is 5.32 Å². The molecule has 0 radical (unpaired) electrons. The van der Waals surface area contributed by atoms with E-state index in [1.54, 1.807) is 12.1 Å². The Bertz CT molecular complexity index is 654. The second kappa shape index (κ2) is 5.90. The third-order valence-corrected chi connectivity index (χ3v) is 4.13.